The molecule has 22 heavy (non-hydrogen) atoms. The highest BCUT2D eigenvalue weighted by atomic mass is 19.4. The maximum Gasteiger partial charge on any atom is 0.422 e. The summed E-state index contributed by atoms with van der Waals surface area (Å²) < 4.78 is 46.3. The van der Waals surface area contributed by atoms with E-state index in [0.29, 0.717) is 5.39 Å². The molecule has 0 atom stereocenters. The molecule has 0 spiro atoms. The molecule has 0 fully saturated rings. The van der Waals surface area contributed by atoms with Gasteiger partial charge in [-0.25, -0.2) is 0 Å². The number of ether oxygens (including phenoxy) is 1. The second-order valence-corrected chi connectivity index (χ2v) is 4.69. The predicted molar refractivity (Wildman–Crippen MR) is 77.6 cm³/mol. The molecule has 2 rings (SSSR count). The van der Waals surface area contributed by atoms with Crippen LogP contribution in [0.4, 0.5) is 18.9 Å². The summed E-state index contributed by atoms with van der Waals surface area (Å²) in [5.74, 6) is -0.438. The number of rotatable bonds is 5. The van der Waals surface area contributed by atoms with Gasteiger partial charge in [-0.05, 0) is 26.0 Å². The molecule has 4 nitrogen and oxygen atoms in total. The summed E-state index contributed by atoms with van der Waals surface area (Å²) in [4.78, 5) is 13.9. The van der Waals surface area contributed by atoms with Gasteiger partial charge in [0.25, 0.3) is 5.95 Å². The molecule has 0 aliphatic rings. The average molecular weight is 315 g/mol. The van der Waals surface area contributed by atoms with Crippen LogP contribution in [-0.2, 0) is 0 Å². The van der Waals surface area contributed by atoms with E-state index in [0.717, 1.165) is 24.8 Å². The first-order valence-corrected chi connectivity index (χ1v) is 6.86. The first kappa shape index (κ1) is 16.2. The molecule has 0 saturated carbocycles. The van der Waals surface area contributed by atoms with Gasteiger partial charge in [0.2, 0.25) is 0 Å². The van der Waals surface area contributed by atoms with Crippen molar-refractivity contribution >= 4 is 16.7 Å². The maximum atomic E-state index is 12.2. The number of halogens is 3. The van der Waals surface area contributed by atoms with Gasteiger partial charge in [0, 0.05) is 24.8 Å². The van der Waals surface area contributed by atoms with Gasteiger partial charge in [-0.3, -0.25) is 4.79 Å². The molecule has 0 N–H and O–H groups in total. The summed E-state index contributed by atoms with van der Waals surface area (Å²) in [6.07, 6.45) is -4.49. The smallest absolute Gasteiger partial charge is 0.422 e. The number of alkyl halides is 3. The zero-order valence-corrected chi connectivity index (χ0v) is 12.2. The third-order valence-corrected chi connectivity index (χ3v) is 3.20. The normalized spacial score (nSPS) is 11.7. The Labute approximate surface area is 125 Å². The van der Waals surface area contributed by atoms with E-state index in [-0.39, 0.29) is 5.58 Å². The Morgan fingerprint density at radius 1 is 1.18 bits per heavy atom. The second kappa shape index (κ2) is 6.29. The Bertz CT molecular complexity index is 705. The number of benzene rings is 1. The minimum atomic E-state index is -4.49. The Kier molecular flexibility index (Phi) is 4.63. The molecule has 0 unspecified atom stereocenters. The summed E-state index contributed by atoms with van der Waals surface area (Å²) in [6.45, 7) is 3.98. The zero-order chi connectivity index (χ0) is 16.3. The van der Waals surface area contributed by atoms with E-state index in [4.69, 9.17) is 4.42 Å². The fourth-order valence-corrected chi connectivity index (χ4v) is 2.13. The highest BCUT2D eigenvalue weighted by Crippen LogP contribution is 2.24. The lowest BCUT2D eigenvalue weighted by Crippen LogP contribution is -2.21. The van der Waals surface area contributed by atoms with E-state index in [1.54, 1.807) is 18.2 Å². The molecule has 120 valence electrons. The molecule has 0 saturated heterocycles. The molecular formula is C15H16F3NO3. The second-order valence-electron chi connectivity index (χ2n) is 4.69. The van der Waals surface area contributed by atoms with Crippen LogP contribution in [0.15, 0.2) is 33.5 Å². The van der Waals surface area contributed by atoms with Crippen LogP contribution in [0.2, 0.25) is 0 Å². The standard InChI is InChI=1S/C15H16F3NO3/c1-3-19(4-2)10-5-6-11-12(20)8-14(22-13(11)7-10)21-9-15(16,17)18/h5-8H,3-4,9H2,1-2H3. The fraction of sp³-hybridized carbons (Fsp3) is 0.400. The molecule has 1 aromatic heterocycles. The van der Waals surface area contributed by atoms with Crippen LogP contribution < -0.4 is 15.1 Å². The Morgan fingerprint density at radius 3 is 2.45 bits per heavy atom. The first-order chi connectivity index (χ1) is 10.3. The molecule has 7 heteroatoms. The monoisotopic (exact) mass is 315 g/mol. The number of nitrogens with zero attached hydrogens (tertiary/aromatic N) is 1. The van der Waals surface area contributed by atoms with E-state index >= 15 is 0 Å². The number of hydrogen-bond acceptors (Lipinski definition) is 4. The summed E-state index contributed by atoms with van der Waals surface area (Å²) in [6, 6.07) is 5.93. The van der Waals surface area contributed by atoms with Crippen molar-refractivity contribution in [2.75, 3.05) is 24.6 Å². The number of hydrogen-bond donors (Lipinski definition) is 0. The number of fused-ring (bicyclic) bond motifs is 1. The average Bonchev–Trinajstić information content (AvgIpc) is 2.45. The van der Waals surface area contributed by atoms with Crippen LogP contribution in [0, 0.1) is 0 Å². The van der Waals surface area contributed by atoms with Crippen LogP contribution in [0.3, 0.4) is 0 Å². The van der Waals surface area contributed by atoms with Gasteiger partial charge in [-0.15, -0.1) is 0 Å². The lowest BCUT2D eigenvalue weighted by atomic mass is 10.2. The van der Waals surface area contributed by atoms with Gasteiger partial charge in [0.05, 0.1) is 11.5 Å². The Morgan fingerprint density at radius 2 is 1.86 bits per heavy atom. The van der Waals surface area contributed by atoms with Gasteiger partial charge >= 0.3 is 6.18 Å². The Hall–Kier alpha value is -2.18. The highest BCUT2D eigenvalue weighted by molar-refractivity contribution is 5.80. The van der Waals surface area contributed by atoms with E-state index in [1.807, 2.05) is 18.7 Å². The van der Waals surface area contributed by atoms with Crippen LogP contribution >= 0.6 is 0 Å². The minimum Gasteiger partial charge on any atom is -0.455 e. The molecule has 2 aromatic rings. The zero-order valence-electron chi connectivity index (χ0n) is 12.2. The van der Waals surface area contributed by atoms with E-state index in [2.05, 4.69) is 4.74 Å². The van der Waals surface area contributed by atoms with Gasteiger partial charge in [0.15, 0.2) is 12.0 Å². The fourth-order valence-electron chi connectivity index (χ4n) is 2.13. The predicted octanol–water partition coefficient (Wildman–Crippen LogP) is 3.58. The van der Waals surface area contributed by atoms with Crippen LogP contribution in [0.1, 0.15) is 13.8 Å². The summed E-state index contributed by atoms with van der Waals surface area (Å²) in [7, 11) is 0. The van der Waals surface area contributed by atoms with Crippen molar-refractivity contribution in [2.45, 2.75) is 20.0 Å². The van der Waals surface area contributed by atoms with E-state index in [9.17, 15) is 18.0 Å². The lowest BCUT2D eigenvalue weighted by molar-refractivity contribution is -0.156. The van der Waals surface area contributed by atoms with Crippen molar-refractivity contribution < 1.29 is 22.3 Å². The van der Waals surface area contributed by atoms with Crippen LogP contribution in [-0.4, -0.2) is 25.9 Å². The largest absolute Gasteiger partial charge is 0.455 e. The molecule has 0 amide bonds. The third kappa shape index (κ3) is 3.72. The van der Waals surface area contributed by atoms with Crippen molar-refractivity contribution in [3.05, 3.63) is 34.5 Å². The number of anilines is 1. The van der Waals surface area contributed by atoms with Crippen molar-refractivity contribution in [3.8, 4) is 5.95 Å². The first-order valence-electron chi connectivity index (χ1n) is 6.86. The molecule has 0 aliphatic heterocycles. The third-order valence-electron chi connectivity index (χ3n) is 3.20. The molecular weight excluding hydrogens is 299 g/mol. The van der Waals surface area contributed by atoms with E-state index in [1.165, 1.54) is 0 Å². The van der Waals surface area contributed by atoms with E-state index < -0.39 is 24.2 Å². The van der Waals surface area contributed by atoms with Gasteiger partial charge < -0.3 is 14.1 Å². The van der Waals surface area contributed by atoms with Crippen molar-refractivity contribution in [1.29, 1.82) is 0 Å². The molecule has 1 heterocycles. The molecule has 0 aliphatic carbocycles. The quantitative estimate of drug-likeness (QED) is 0.846. The lowest BCUT2D eigenvalue weighted by Gasteiger charge is -2.21. The van der Waals surface area contributed by atoms with Crippen molar-refractivity contribution in [2.24, 2.45) is 0 Å². The summed E-state index contributed by atoms with van der Waals surface area (Å²) >= 11 is 0. The summed E-state index contributed by atoms with van der Waals surface area (Å²) in [5, 5.41) is 0.301. The molecule has 1 aromatic carbocycles. The molecule has 0 radical (unpaired) electrons. The van der Waals surface area contributed by atoms with Crippen molar-refractivity contribution in [1.82, 2.24) is 0 Å². The summed E-state index contributed by atoms with van der Waals surface area (Å²) in [5.41, 5.74) is 0.590. The highest BCUT2D eigenvalue weighted by Gasteiger charge is 2.29. The van der Waals surface area contributed by atoms with Gasteiger partial charge in [-0.2, -0.15) is 13.2 Å². The SMILES string of the molecule is CCN(CC)c1ccc2c(=O)cc(OCC(F)(F)F)oc2c1. The van der Waals surface area contributed by atoms with Crippen LogP contribution in [0.5, 0.6) is 5.95 Å². The van der Waals surface area contributed by atoms with Gasteiger partial charge in [-0.1, -0.05) is 0 Å². The minimum absolute atomic E-state index is 0.203. The molecule has 0 bridgehead atoms. The van der Waals surface area contributed by atoms with Gasteiger partial charge in [0.1, 0.15) is 5.58 Å². The Balaban J connectivity index is 2.40. The van der Waals surface area contributed by atoms with Crippen LogP contribution in [0.25, 0.3) is 11.0 Å². The topological polar surface area (TPSA) is 42.7 Å². The van der Waals surface area contributed by atoms with Crippen molar-refractivity contribution in [3.63, 3.8) is 0 Å². The maximum absolute atomic E-state index is 12.2.